The maximum atomic E-state index is 11.9. The van der Waals surface area contributed by atoms with Crippen molar-refractivity contribution >= 4 is 32.6 Å². The van der Waals surface area contributed by atoms with Gasteiger partial charge in [0.05, 0.1) is 16.1 Å². The minimum Gasteiger partial charge on any atom is -0.348 e. The van der Waals surface area contributed by atoms with Crippen LogP contribution < -0.4 is 4.90 Å². The molecule has 1 aromatic heterocycles. The largest absolute Gasteiger partial charge is 0.348 e. The first kappa shape index (κ1) is 13.4. The van der Waals surface area contributed by atoms with Crippen molar-refractivity contribution in [1.82, 2.24) is 9.88 Å². The van der Waals surface area contributed by atoms with E-state index in [1.165, 1.54) is 15.8 Å². The zero-order chi connectivity index (χ0) is 14.4. The summed E-state index contributed by atoms with van der Waals surface area (Å²) < 4.78 is 1.23. The topological polar surface area (TPSA) is 36.4 Å². The van der Waals surface area contributed by atoms with Gasteiger partial charge in [0.2, 0.25) is 5.91 Å². The lowest BCUT2D eigenvalue weighted by atomic mass is 10.00. The normalized spacial score (nSPS) is 15.5. The van der Waals surface area contributed by atoms with Crippen molar-refractivity contribution < 1.29 is 4.79 Å². The fraction of sp³-hybridized carbons (Fsp3) is 0.467. The van der Waals surface area contributed by atoms with Gasteiger partial charge in [-0.15, -0.1) is 0 Å². The summed E-state index contributed by atoms with van der Waals surface area (Å²) in [5.74, 6) is 0.342. The van der Waals surface area contributed by atoms with Crippen LogP contribution in [0.15, 0.2) is 12.1 Å². The number of thiazole rings is 1. The van der Waals surface area contributed by atoms with Crippen molar-refractivity contribution in [3.63, 3.8) is 0 Å². The van der Waals surface area contributed by atoms with Crippen LogP contribution in [-0.2, 0) is 4.79 Å². The van der Waals surface area contributed by atoms with Gasteiger partial charge in [0.25, 0.3) is 0 Å². The van der Waals surface area contributed by atoms with E-state index >= 15 is 0 Å². The molecule has 1 fully saturated rings. The van der Waals surface area contributed by atoms with E-state index in [4.69, 9.17) is 4.98 Å². The quantitative estimate of drug-likeness (QED) is 0.852. The van der Waals surface area contributed by atoms with E-state index in [1.807, 2.05) is 14.1 Å². The second-order valence-electron chi connectivity index (χ2n) is 5.69. The maximum Gasteiger partial charge on any atom is 0.228 e. The molecule has 0 saturated carbocycles. The summed E-state index contributed by atoms with van der Waals surface area (Å²) >= 11 is 1.72. The number of nitrogens with zero attached hydrogens (tertiary/aromatic N) is 3. The Bertz CT molecular complexity index is 671. The van der Waals surface area contributed by atoms with Crippen molar-refractivity contribution in [3.05, 3.63) is 23.3 Å². The fourth-order valence-corrected chi connectivity index (χ4v) is 3.55. The number of anilines is 1. The zero-order valence-corrected chi connectivity index (χ0v) is 13.1. The number of rotatable bonds is 2. The monoisotopic (exact) mass is 289 g/mol. The molecule has 4 nitrogen and oxygen atoms in total. The first-order valence-corrected chi connectivity index (χ1v) is 7.62. The average molecular weight is 289 g/mol. The number of carbonyl (C=O) groups excluding carboxylic acids is 1. The maximum absolute atomic E-state index is 11.9. The van der Waals surface area contributed by atoms with Gasteiger partial charge in [-0.25, -0.2) is 4.98 Å². The van der Waals surface area contributed by atoms with Crippen LogP contribution >= 0.6 is 11.3 Å². The van der Waals surface area contributed by atoms with Crippen LogP contribution in [0.25, 0.3) is 10.2 Å². The molecular weight excluding hydrogens is 270 g/mol. The van der Waals surface area contributed by atoms with E-state index in [2.05, 4.69) is 30.9 Å². The molecule has 1 amide bonds. The molecule has 0 bridgehead atoms. The molecule has 1 aliphatic heterocycles. The first-order chi connectivity index (χ1) is 9.47. The van der Waals surface area contributed by atoms with Gasteiger partial charge in [0, 0.05) is 27.2 Å². The predicted octanol–water partition coefficient (Wildman–Crippen LogP) is 2.44. The Morgan fingerprint density at radius 3 is 2.70 bits per heavy atom. The summed E-state index contributed by atoms with van der Waals surface area (Å²) in [7, 11) is 3.63. The van der Waals surface area contributed by atoms with E-state index in [0.29, 0.717) is 0 Å². The molecule has 0 aliphatic carbocycles. The van der Waals surface area contributed by atoms with Crippen LogP contribution in [-0.4, -0.2) is 43.0 Å². The average Bonchev–Trinajstić information content (AvgIpc) is 2.76. The van der Waals surface area contributed by atoms with E-state index < -0.39 is 0 Å². The minimum atomic E-state index is 0.125. The second-order valence-corrected chi connectivity index (χ2v) is 6.69. The number of carbonyl (C=O) groups is 1. The third kappa shape index (κ3) is 2.06. The molecule has 1 saturated heterocycles. The molecule has 1 aliphatic rings. The first-order valence-electron chi connectivity index (χ1n) is 6.80. The Balaban J connectivity index is 1.80. The highest BCUT2D eigenvalue weighted by Crippen LogP contribution is 2.35. The molecule has 0 N–H and O–H groups in total. The van der Waals surface area contributed by atoms with Crippen molar-refractivity contribution in [3.8, 4) is 0 Å². The molecule has 0 spiro atoms. The molecule has 1 aromatic carbocycles. The highest BCUT2D eigenvalue weighted by Gasteiger charge is 2.35. The molecule has 2 aromatic rings. The Labute approximate surface area is 123 Å². The van der Waals surface area contributed by atoms with E-state index in [1.54, 1.807) is 16.2 Å². The Hall–Kier alpha value is -1.62. The van der Waals surface area contributed by atoms with Crippen LogP contribution in [0.5, 0.6) is 0 Å². The van der Waals surface area contributed by atoms with Crippen molar-refractivity contribution in [2.24, 2.45) is 5.92 Å². The Kier molecular flexibility index (Phi) is 3.17. The molecule has 0 radical (unpaired) electrons. The fourth-order valence-electron chi connectivity index (χ4n) is 2.51. The number of aromatic nitrogens is 1. The molecule has 5 heteroatoms. The summed E-state index contributed by atoms with van der Waals surface area (Å²) in [6.45, 7) is 5.81. The number of amides is 1. The lowest BCUT2D eigenvalue weighted by Gasteiger charge is -2.39. The lowest BCUT2D eigenvalue weighted by molar-refractivity contribution is -0.133. The lowest BCUT2D eigenvalue weighted by Crippen LogP contribution is -2.53. The van der Waals surface area contributed by atoms with E-state index in [0.717, 1.165) is 23.7 Å². The predicted molar refractivity (Wildman–Crippen MR) is 83.5 cm³/mol. The summed E-state index contributed by atoms with van der Waals surface area (Å²) in [6, 6.07) is 4.29. The van der Waals surface area contributed by atoms with Crippen molar-refractivity contribution in [1.29, 1.82) is 0 Å². The smallest absolute Gasteiger partial charge is 0.228 e. The van der Waals surface area contributed by atoms with Gasteiger partial charge in [0.1, 0.15) is 0 Å². The summed E-state index contributed by atoms with van der Waals surface area (Å²) in [4.78, 5) is 20.5. The SMILES string of the molecule is Cc1ccc2sc(N3CC(C(=O)N(C)C)C3)nc2c1C. The second kappa shape index (κ2) is 4.74. The van der Waals surface area contributed by atoms with Gasteiger partial charge >= 0.3 is 0 Å². The van der Waals surface area contributed by atoms with Crippen molar-refractivity contribution in [2.75, 3.05) is 32.1 Å². The third-order valence-electron chi connectivity index (χ3n) is 4.02. The highest BCUT2D eigenvalue weighted by atomic mass is 32.1. The molecule has 0 atom stereocenters. The van der Waals surface area contributed by atoms with Gasteiger partial charge in [-0.2, -0.15) is 0 Å². The number of aryl methyl sites for hydroxylation is 2. The van der Waals surface area contributed by atoms with Gasteiger partial charge in [0.15, 0.2) is 5.13 Å². The van der Waals surface area contributed by atoms with E-state index in [9.17, 15) is 4.79 Å². The van der Waals surface area contributed by atoms with Gasteiger partial charge in [-0.3, -0.25) is 4.79 Å². The third-order valence-corrected chi connectivity index (χ3v) is 5.10. The van der Waals surface area contributed by atoms with Crippen LogP contribution in [0.1, 0.15) is 11.1 Å². The van der Waals surface area contributed by atoms with Crippen LogP contribution in [0, 0.1) is 19.8 Å². The molecular formula is C15H19N3OS. The highest BCUT2D eigenvalue weighted by molar-refractivity contribution is 7.22. The van der Waals surface area contributed by atoms with Crippen LogP contribution in [0.3, 0.4) is 0 Å². The number of hydrogen-bond acceptors (Lipinski definition) is 4. The number of benzene rings is 1. The molecule has 3 rings (SSSR count). The zero-order valence-electron chi connectivity index (χ0n) is 12.3. The Morgan fingerprint density at radius 2 is 2.05 bits per heavy atom. The summed E-state index contributed by atoms with van der Waals surface area (Å²) in [5.41, 5.74) is 3.64. The number of hydrogen-bond donors (Lipinski definition) is 0. The summed E-state index contributed by atoms with van der Waals surface area (Å²) in [6.07, 6.45) is 0. The molecule has 20 heavy (non-hydrogen) atoms. The van der Waals surface area contributed by atoms with Gasteiger partial charge in [-0.05, 0) is 31.0 Å². The van der Waals surface area contributed by atoms with Crippen LogP contribution in [0.2, 0.25) is 0 Å². The van der Waals surface area contributed by atoms with Gasteiger partial charge in [-0.1, -0.05) is 17.4 Å². The molecule has 2 heterocycles. The van der Waals surface area contributed by atoms with Crippen molar-refractivity contribution in [2.45, 2.75) is 13.8 Å². The molecule has 0 unspecified atom stereocenters. The summed E-state index contributed by atoms with van der Waals surface area (Å²) in [5, 5.41) is 1.04. The van der Waals surface area contributed by atoms with Gasteiger partial charge < -0.3 is 9.80 Å². The standard InChI is InChI=1S/C15H19N3OS/c1-9-5-6-12-13(10(9)2)16-15(20-12)18-7-11(8-18)14(19)17(3)4/h5-6,11H,7-8H2,1-4H3. The molecule has 106 valence electrons. The Morgan fingerprint density at radius 1 is 1.35 bits per heavy atom. The van der Waals surface area contributed by atoms with Crippen LogP contribution in [0.4, 0.5) is 5.13 Å². The van der Waals surface area contributed by atoms with E-state index in [-0.39, 0.29) is 11.8 Å². The number of fused-ring (bicyclic) bond motifs is 1. The minimum absolute atomic E-state index is 0.125.